The minimum Gasteiger partial charge on any atom is -0.323 e. The van der Waals surface area contributed by atoms with Gasteiger partial charge in [0.25, 0.3) is 0 Å². The molecule has 0 aromatic carbocycles. The van der Waals surface area contributed by atoms with Crippen molar-refractivity contribution in [2.45, 2.75) is 44.1 Å². The molecule has 1 aliphatic carbocycles. The normalized spacial score (nSPS) is 19.1. The van der Waals surface area contributed by atoms with Crippen molar-refractivity contribution in [1.82, 2.24) is 4.98 Å². The van der Waals surface area contributed by atoms with Crippen LogP contribution in [0.4, 0.5) is 0 Å². The number of aromatic nitrogens is 1. The molecule has 2 nitrogen and oxygen atoms in total. The second-order valence-corrected chi connectivity index (χ2v) is 6.36. The molecule has 90 valence electrons. The van der Waals surface area contributed by atoms with E-state index in [9.17, 15) is 0 Å². The molecule has 2 rings (SSSR count). The van der Waals surface area contributed by atoms with Crippen molar-refractivity contribution in [1.29, 1.82) is 0 Å². The average molecular weight is 256 g/mol. The standard InChI is InChI=1S/C12H20N2S2/c1-15-7-6-10(13)11-8-16-12(14-11)9-4-2-3-5-9/h8-10H,2-7,13H2,1H3. The van der Waals surface area contributed by atoms with E-state index in [0.29, 0.717) is 0 Å². The molecule has 2 N–H and O–H groups in total. The van der Waals surface area contributed by atoms with Gasteiger partial charge in [0.1, 0.15) is 0 Å². The average Bonchev–Trinajstić information content (AvgIpc) is 2.94. The minimum atomic E-state index is 0.138. The summed E-state index contributed by atoms with van der Waals surface area (Å²) < 4.78 is 0. The molecule has 1 fully saturated rings. The Hall–Kier alpha value is -0.0600. The zero-order valence-corrected chi connectivity index (χ0v) is 11.4. The van der Waals surface area contributed by atoms with Crippen molar-refractivity contribution in [3.63, 3.8) is 0 Å². The summed E-state index contributed by atoms with van der Waals surface area (Å²) in [6, 6.07) is 0.138. The van der Waals surface area contributed by atoms with Crippen molar-refractivity contribution < 1.29 is 0 Å². The number of nitrogens with zero attached hydrogens (tertiary/aromatic N) is 1. The number of rotatable bonds is 5. The van der Waals surface area contributed by atoms with Crippen molar-refractivity contribution in [2.24, 2.45) is 5.73 Å². The molecule has 1 aromatic rings. The summed E-state index contributed by atoms with van der Waals surface area (Å²) in [6.45, 7) is 0. The fourth-order valence-corrected chi connectivity index (χ4v) is 3.77. The Balaban J connectivity index is 1.95. The van der Waals surface area contributed by atoms with Gasteiger partial charge < -0.3 is 5.73 Å². The molecule has 1 unspecified atom stereocenters. The van der Waals surface area contributed by atoms with E-state index in [-0.39, 0.29) is 6.04 Å². The Morgan fingerprint density at radius 3 is 3.00 bits per heavy atom. The van der Waals surface area contributed by atoms with Crippen LogP contribution in [0.3, 0.4) is 0 Å². The second kappa shape index (κ2) is 6.03. The molecule has 16 heavy (non-hydrogen) atoms. The first-order valence-electron chi connectivity index (χ1n) is 6.01. The quantitative estimate of drug-likeness (QED) is 0.875. The molecule has 4 heteroatoms. The predicted molar refractivity (Wildman–Crippen MR) is 73.3 cm³/mol. The first-order chi connectivity index (χ1) is 7.81. The highest BCUT2D eigenvalue weighted by Crippen LogP contribution is 2.36. The molecular formula is C12H20N2S2. The number of nitrogens with two attached hydrogens (primary N) is 1. The fraction of sp³-hybridized carbons (Fsp3) is 0.750. The van der Waals surface area contributed by atoms with Gasteiger partial charge in [0.05, 0.1) is 10.7 Å². The summed E-state index contributed by atoms with van der Waals surface area (Å²) in [5.74, 6) is 1.85. The summed E-state index contributed by atoms with van der Waals surface area (Å²) in [6.07, 6.45) is 8.56. The number of thiazole rings is 1. The third-order valence-corrected chi connectivity index (χ3v) is 4.93. The maximum Gasteiger partial charge on any atom is 0.0959 e. The van der Waals surface area contributed by atoms with Crippen molar-refractivity contribution in [3.8, 4) is 0 Å². The van der Waals surface area contributed by atoms with Crippen LogP contribution in [0.15, 0.2) is 5.38 Å². The van der Waals surface area contributed by atoms with E-state index in [1.54, 1.807) is 0 Å². The molecule has 0 bridgehead atoms. The molecule has 1 aromatic heterocycles. The van der Waals surface area contributed by atoms with E-state index >= 15 is 0 Å². The molecule has 0 saturated heterocycles. The van der Waals surface area contributed by atoms with Crippen LogP contribution in [-0.4, -0.2) is 17.0 Å². The van der Waals surface area contributed by atoms with Gasteiger partial charge in [-0.1, -0.05) is 12.8 Å². The van der Waals surface area contributed by atoms with Crippen LogP contribution >= 0.6 is 23.1 Å². The van der Waals surface area contributed by atoms with Crippen LogP contribution in [0.25, 0.3) is 0 Å². The molecule has 1 aliphatic rings. The summed E-state index contributed by atoms with van der Waals surface area (Å²) >= 11 is 3.66. The van der Waals surface area contributed by atoms with Gasteiger partial charge in [-0.05, 0) is 31.3 Å². The van der Waals surface area contributed by atoms with Gasteiger partial charge in [0, 0.05) is 17.3 Å². The van der Waals surface area contributed by atoms with Crippen LogP contribution in [0.1, 0.15) is 54.8 Å². The molecule has 0 amide bonds. The fourth-order valence-electron chi connectivity index (χ4n) is 2.22. The lowest BCUT2D eigenvalue weighted by atomic mass is 10.1. The molecule has 1 heterocycles. The molecule has 0 radical (unpaired) electrons. The molecule has 0 aliphatic heterocycles. The molecule has 0 spiro atoms. The molecular weight excluding hydrogens is 236 g/mol. The van der Waals surface area contributed by atoms with Gasteiger partial charge >= 0.3 is 0 Å². The van der Waals surface area contributed by atoms with E-state index in [4.69, 9.17) is 10.7 Å². The van der Waals surface area contributed by atoms with Crippen LogP contribution in [0.5, 0.6) is 0 Å². The van der Waals surface area contributed by atoms with Crippen LogP contribution in [0, 0.1) is 0 Å². The van der Waals surface area contributed by atoms with Gasteiger partial charge in [-0.2, -0.15) is 11.8 Å². The minimum absolute atomic E-state index is 0.138. The Bertz CT molecular complexity index is 319. The smallest absolute Gasteiger partial charge is 0.0959 e. The number of hydrogen-bond acceptors (Lipinski definition) is 4. The SMILES string of the molecule is CSCCC(N)c1csc(C2CCCC2)n1. The largest absolute Gasteiger partial charge is 0.323 e. The van der Waals surface area contributed by atoms with Gasteiger partial charge in [-0.3, -0.25) is 0 Å². The number of hydrogen-bond donors (Lipinski definition) is 1. The third-order valence-electron chi connectivity index (χ3n) is 3.26. The summed E-state index contributed by atoms with van der Waals surface area (Å²) in [5, 5.41) is 3.49. The van der Waals surface area contributed by atoms with Crippen molar-refractivity contribution >= 4 is 23.1 Å². The predicted octanol–water partition coefficient (Wildman–Crippen LogP) is 3.55. The Labute approximate surface area is 106 Å². The first-order valence-corrected chi connectivity index (χ1v) is 8.28. The summed E-state index contributed by atoms with van der Waals surface area (Å²) in [7, 11) is 0. The number of thioether (sulfide) groups is 1. The Morgan fingerprint density at radius 2 is 2.31 bits per heavy atom. The lowest BCUT2D eigenvalue weighted by molar-refractivity contribution is 0.665. The van der Waals surface area contributed by atoms with Crippen molar-refractivity contribution in [2.75, 3.05) is 12.0 Å². The molecule has 1 saturated carbocycles. The lowest BCUT2D eigenvalue weighted by Crippen LogP contribution is -2.11. The highest BCUT2D eigenvalue weighted by molar-refractivity contribution is 7.98. The van der Waals surface area contributed by atoms with Crippen LogP contribution < -0.4 is 5.73 Å². The van der Waals surface area contributed by atoms with Crippen LogP contribution in [-0.2, 0) is 0 Å². The third kappa shape index (κ3) is 2.99. The van der Waals surface area contributed by atoms with E-state index in [2.05, 4.69) is 11.6 Å². The zero-order chi connectivity index (χ0) is 11.4. The van der Waals surface area contributed by atoms with Crippen molar-refractivity contribution in [3.05, 3.63) is 16.1 Å². The highest BCUT2D eigenvalue weighted by atomic mass is 32.2. The Morgan fingerprint density at radius 1 is 1.56 bits per heavy atom. The lowest BCUT2D eigenvalue weighted by Gasteiger charge is -2.07. The summed E-state index contributed by atoms with van der Waals surface area (Å²) in [4.78, 5) is 4.73. The molecule has 1 atom stereocenters. The van der Waals surface area contributed by atoms with Gasteiger partial charge in [-0.25, -0.2) is 4.98 Å². The zero-order valence-electron chi connectivity index (χ0n) is 9.82. The van der Waals surface area contributed by atoms with Gasteiger partial charge in [0.15, 0.2) is 0 Å². The summed E-state index contributed by atoms with van der Waals surface area (Å²) in [5.41, 5.74) is 7.24. The second-order valence-electron chi connectivity index (χ2n) is 4.48. The van der Waals surface area contributed by atoms with Gasteiger partial charge in [0.2, 0.25) is 0 Å². The van der Waals surface area contributed by atoms with E-state index < -0.39 is 0 Å². The maximum atomic E-state index is 6.12. The first kappa shape index (κ1) is 12.4. The van der Waals surface area contributed by atoms with Gasteiger partial charge in [-0.15, -0.1) is 11.3 Å². The van der Waals surface area contributed by atoms with E-state index in [0.717, 1.165) is 23.8 Å². The van der Waals surface area contributed by atoms with Crippen LogP contribution in [0.2, 0.25) is 0 Å². The van der Waals surface area contributed by atoms with E-state index in [1.807, 2.05) is 23.1 Å². The van der Waals surface area contributed by atoms with E-state index in [1.165, 1.54) is 30.7 Å². The highest BCUT2D eigenvalue weighted by Gasteiger charge is 2.21. The Kier molecular flexibility index (Phi) is 4.67. The topological polar surface area (TPSA) is 38.9 Å². The maximum absolute atomic E-state index is 6.12. The monoisotopic (exact) mass is 256 g/mol.